The number of carbonyl (C=O) groups is 1. The first-order valence-electron chi connectivity index (χ1n) is 6.49. The van der Waals surface area contributed by atoms with Crippen LogP contribution in [0, 0.1) is 5.92 Å². The lowest BCUT2D eigenvalue weighted by molar-refractivity contribution is 0.0266. The van der Waals surface area contributed by atoms with Gasteiger partial charge in [-0.2, -0.15) is 0 Å². The molecule has 1 rings (SSSR count). The van der Waals surface area contributed by atoms with E-state index in [0.717, 1.165) is 19.3 Å². The maximum absolute atomic E-state index is 11.8. The molecular weight excluding hydrogens is 218 g/mol. The van der Waals surface area contributed by atoms with Crippen LogP contribution in [-0.2, 0) is 4.74 Å². The predicted octanol–water partition coefficient (Wildman–Crippen LogP) is 2.40. The second kappa shape index (κ2) is 5.71. The lowest BCUT2D eigenvalue weighted by Gasteiger charge is -2.25. The van der Waals surface area contributed by atoms with E-state index in [2.05, 4.69) is 6.92 Å². The van der Waals surface area contributed by atoms with Gasteiger partial charge in [-0.3, -0.25) is 0 Å². The summed E-state index contributed by atoms with van der Waals surface area (Å²) in [6.45, 7) is 8.97. The Labute approximate surface area is 104 Å². The molecule has 100 valence electrons. The van der Waals surface area contributed by atoms with Crippen LogP contribution in [0.1, 0.15) is 47.0 Å². The van der Waals surface area contributed by atoms with Crippen molar-refractivity contribution in [1.29, 1.82) is 0 Å². The average molecular weight is 243 g/mol. The highest BCUT2D eigenvalue weighted by Crippen LogP contribution is 2.23. The number of aliphatic hydroxyl groups excluding tert-OH is 1. The van der Waals surface area contributed by atoms with Gasteiger partial charge in [-0.05, 0) is 33.6 Å². The van der Waals surface area contributed by atoms with Crippen molar-refractivity contribution in [1.82, 2.24) is 4.90 Å². The Morgan fingerprint density at radius 1 is 1.53 bits per heavy atom. The van der Waals surface area contributed by atoms with Gasteiger partial charge in [0.1, 0.15) is 5.60 Å². The van der Waals surface area contributed by atoms with Crippen molar-refractivity contribution in [3.8, 4) is 0 Å². The Hall–Kier alpha value is -0.770. The Morgan fingerprint density at radius 3 is 2.71 bits per heavy atom. The molecule has 2 atom stereocenters. The zero-order valence-electron chi connectivity index (χ0n) is 11.4. The van der Waals surface area contributed by atoms with E-state index >= 15 is 0 Å². The molecule has 4 nitrogen and oxygen atoms in total. The monoisotopic (exact) mass is 243 g/mol. The fourth-order valence-corrected chi connectivity index (χ4v) is 2.13. The van der Waals surface area contributed by atoms with Gasteiger partial charge in [-0.25, -0.2) is 4.79 Å². The van der Waals surface area contributed by atoms with Crippen LogP contribution in [-0.4, -0.2) is 40.9 Å². The van der Waals surface area contributed by atoms with Gasteiger partial charge in [0.15, 0.2) is 0 Å². The number of aliphatic hydroxyl groups is 1. The van der Waals surface area contributed by atoms with Crippen LogP contribution >= 0.6 is 0 Å². The molecule has 17 heavy (non-hydrogen) atoms. The van der Waals surface area contributed by atoms with Gasteiger partial charge in [-0.1, -0.05) is 13.3 Å². The van der Waals surface area contributed by atoms with Gasteiger partial charge in [0, 0.05) is 19.0 Å². The van der Waals surface area contributed by atoms with Crippen molar-refractivity contribution < 1.29 is 14.6 Å². The second-order valence-electron chi connectivity index (χ2n) is 5.83. The molecule has 0 saturated carbocycles. The minimum Gasteiger partial charge on any atom is -0.444 e. The minimum atomic E-state index is -0.447. The first-order chi connectivity index (χ1) is 7.83. The topological polar surface area (TPSA) is 49.8 Å². The highest BCUT2D eigenvalue weighted by Gasteiger charge is 2.32. The van der Waals surface area contributed by atoms with Crippen molar-refractivity contribution in [2.75, 3.05) is 13.1 Å². The van der Waals surface area contributed by atoms with Crippen molar-refractivity contribution in [2.24, 2.45) is 5.92 Å². The SMILES string of the molecule is CCC[C@@H](O)[C@H]1CCN(C(=O)OC(C)(C)C)C1. The molecule has 0 unspecified atom stereocenters. The Bertz CT molecular complexity index is 260. The van der Waals surface area contributed by atoms with Crippen LogP contribution in [0.15, 0.2) is 0 Å². The Kier molecular flexibility index (Phi) is 4.80. The van der Waals surface area contributed by atoms with Crippen molar-refractivity contribution in [2.45, 2.75) is 58.7 Å². The van der Waals surface area contributed by atoms with Gasteiger partial charge < -0.3 is 14.7 Å². The van der Waals surface area contributed by atoms with Gasteiger partial charge in [0.05, 0.1) is 6.10 Å². The third-order valence-electron chi connectivity index (χ3n) is 3.00. The lowest BCUT2D eigenvalue weighted by Crippen LogP contribution is -2.36. The number of rotatable bonds is 3. The summed E-state index contributed by atoms with van der Waals surface area (Å²) in [5.41, 5.74) is -0.447. The van der Waals surface area contributed by atoms with Crippen molar-refractivity contribution in [3.63, 3.8) is 0 Å². The summed E-state index contributed by atoms with van der Waals surface area (Å²) in [5.74, 6) is 0.211. The van der Waals surface area contributed by atoms with Gasteiger partial charge >= 0.3 is 6.09 Å². The second-order valence-corrected chi connectivity index (χ2v) is 5.83. The molecule has 1 aliphatic heterocycles. The smallest absolute Gasteiger partial charge is 0.410 e. The summed E-state index contributed by atoms with van der Waals surface area (Å²) in [6.07, 6.45) is 2.12. The summed E-state index contributed by atoms with van der Waals surface area (Å²) >= 11 is 0. The van der Waals surface area contributed by atoms with Crippen molar-refractivity contribution in [3.05, 3.63) is 0 Å². The standard InChI is InChI=1S/C13H25NO3/c1-5-6-11(15)10-7-8-14(9-10)12(16)17-13(2,3)4/h10-11,15H,5-9H2,1-4H3/t10-,11+/m0/s1. The van der Waals surface area contributed by atoms with E-state index in [4.69, 9.17) is 4.74 Å². The molecule has 0 bridgehead atoms. The molecule has 0 spiro atoms. The fourth-order valence-electron chi connectivity index (χ4n) is 2.13. The number of ether oxygens (including phenoxy) is 1. The molecule has 1 aliphatic rings. The fraction of sp³-hybridized carbons (Fsp3) is 0.923. The molecule has 1 amide bonds. The molecule has 1 N–H and O–H groups in total. The third kappa shape index (κ3) is 4.54. The maximum Gasteiger partial charge on any atom is 0.410 e. The minimum absolute atomic E-state index is 0.211. The van der Waals surface area contributed by atoms with Gasteiger partial charge in [-0.15, -0.1) is 0 Å². The highest BCUT2D eigenvalue weighted by atomic mass is 16.6. The van der Waals surface area contributed by atoms with E-state index in [1.165, 1.54) is 0 Å². The van der Waals surface area contributed by atoms with Crippen molar-refractivity contribution >= 4 is 6.09 Å². The number of carbonyl (C=O) groups excluding carboxylic acids is 1. The molecule has 1 fully saturated rings. The average Bonchev–Trinajstić information content (AvgIpc) is 2.63. The van der Waals surface area contributed by atoms with Crippen LogP contribution in [0.2, 0.25) is 0 Å². The lowest BCUT2D eigenvalue weighted by atomic mass is 9.98. The van der Waals surface area contributed by atoms with E-state index in [9.17, 15) is 9.90 Å². The van der Waals surface area contributed by atoms with E-state index in [1.54, 1.807) is 4.90 Å². The molecule has 4 heteroatoms. The summed E-state index contributed by atoms with van der Waals surface area (Å²) in [4.78, 5) is 13.5. The first kappa shape index (κ1) is 14.3. The summed E-state index contributed by atoms with van der Waals surface area (Å²) in [7, 11) is 0. The quantitative estimate of drug-likeness (QED) is 0.828. The highest BCUT2D eigenvalue weighted by molar-refractivity contribution is 5.68. The number of nitrogens with zero attached hydrogens (tertiary/aromatic N) is 1. The van der Waals surface area contributed by atoms with E-state index in [1.807, 2.05) is 20.8 Å². The predicted molar refractivity (Wildman–Crippen MR) is 66.8 cm³/mol. The molecule has 0 aliphatic carbocycles. The normalized spacial score (nSPS) is 22.6. The molecular formula is C13H25NO3. The number of amides is 1. The molecule has 1 heterocycles. The Balaban J connectivity index is 2.42. The van der Waals surface area contributed by atoms with Crippen LogP contribution in [0.25, 0.3) is 0 Å². The third-order valence-corrected chi connectivity index (χ3v) is 3.00. The number of hydrogen-bond donors (Lipinski definition) is 1. The molecule has 0 aromatic rings. The number of hydrogen-bond acceptors (Lipinski definition) is 3. The first-order valence-corrected chi connectivity index (χ1v) is 6.49. The number of likely N-dealkylation sites (tertiary alicyclic amines) is 1. The summed E-state index contributed by atoms with van der Waals surface area (Å²) in [5, 5.41) is 9.90. The largest absolute Gasteiger partial charge is 0.444 e. The Morgan fingerprint density at radius 2 is 2.18 bits per heavy atom. The van der Waals surface area contributed by atoms with Crippen LogP contribution in [0.3, 0.4) is 0 Å². The van der Waals surface area contributed by atoms with Crippen LogP contribution in [0.5, 0.6) is 0 Å². The molecule has 1 saturated heterocycles. The van der Waals surface area contributed by atoms with E-state index in [0.29, 0.717) is 13.1 Å². The molecule has 0 aromatic carbocycles. The van der Waals surface area contributed by atoms with Crippen LogP contribution in [0.4, 0.5) is 4.79 Å². The van der Waals surface area contributed by atoms with Gasteiger partial charge in [0.2, 0.25) is 0 Å². The zero-order valence-corrected chi connectivity index (χ0v) is 11.4. The van der Waals surface area contributed by atoms with E-state index < -0.39 is 5.60 Å². The van der Waals surface area contributed by atoms with Crippen LogP contribution < -0.4 is 0 Å². The molecule has 0 aromatic heterocycles. The molecule has 0 radical (unpaired) electrons. The van der Waals surface area contributed by atoms with E-state index in [-0.39, 0.29) is 18.1 Å². The maximum atomic E-state index is 11.8. The zero-order chi connectivity index (χ0) is 13.1. The summed E-state index contributed by atoms with van der Waals surface area (Å²) in [6, 6.07) is 0. The summed E-state index contributed by atoms with van der Waals surface area (Å²) < 4.78 is 5.32. The van der Waals surface area contributed by atoms with Gasteiger partial charge in [0.25, 0.3) is 0 Å².